The first-order valence-electron chi connectivity index (χ1n) is 9.94. The Balaban J connectivity index is 1.41. The topological polar surface area (TPSA) is 79.4 Å². The van der Waals surface area contributed by atoms with Crippen LogP contribution in [0.3, 0.4) is 0 Å². The highest BCUT2D eigenvalue weighted by Gasteiger charge is 2.11. The number of aromatic nitrogens is 2. The molecule has 0 bridgehead atoms. The van der Waals surface area contributed by atoms with Gasteiger partial charge in [0, 0.05) is 41.2 Å². The van der Waals surface area contributed by atoms with Crippen molar-refractivity contribution in [3.05, 3.63) is 73.4 Å². The molecule has 2 heterocycles. The Morgan fingerprint density at radius 3 is 2.68 bits per heavy atom. The van der Waals surface area contributed by atoms with E-state index in [2.05, 4.69) is 44.2 Å². The van der Waals surface area contributed by atoms with Gasteiger partial charge >= 0.3 is 0 Å². The average molecular weight is 434 g/mol. The van der Waals surface area contributed by atoms with Gasteiger partial charge in [-0.2, -0.15) is 0 Å². The summed E-state index contributed by atoms with van der Waals surface area (Å²) >= 11 is 1.50. The number of nitrogens with one attached hydrogen (secondary N) is 2. The molecule has 0 saturated carbocycles. The third kappa shape index (κ3) is 5.84. The molecule has 158 valence electrons. The SMILES string of the molecule is C=CC(=O)Nc1cccc(Sc2ccnc(Nc3ccc(N4CCOCC4)cc3)n2)c1. The first-order valence-corrected chi connectivity index (χ1v) is 10.8. The lowest BCUT2D eigenvalue weighted by molar-refractivity contribution is -0.111. The molecule has 0 atom stereocenters. The maximum atomic E-state index is 11.5. The molecule has 31 heavy (non-hydrogen) atoms. The molecule has 0 radical (unpaired) electrons. The summed E-state index contributed by atoms with van der Waals surface area (Å²) in [6.07, 6.45) is 2.97. The monoisotopic (exact) mass is 433 g/mol. The van der Waals surface area contributed by atoms with Crippen LogP contribution in [0.1, 0.15) is 0 Å². The molecule has 8 heteroatoms. The second kappa shape index (κ2) is 10.1. The van der Waals surface area contributed by atoms with Gasteiger partial charge in [-0.25, -0.2) is 9.97 Å². The molecular formula is C23H23N5O2S. The van der Waals surface area contributed by atoms with E-state index in [1.54, 1.807) is 6.20 Å². The molecule has 0 unspecified atom stereocenters. The van der Waals surface area contributed by atoms with E-state index < -0.39 is 0 Å². The summed E-state index contributed by atoms with van der Waals surface area (Å²) in [5, 5.41) is 6.82. The maximum Gasteiger partial charge on any atom is 0.247 e. The van der Waals surface area contributed by atoms with Gasteiger partial charge in [0.1, 0.15) is 5.03 Å². The van der Waals surface area contributed by atoms with Crippen molar-refractivity contribution in [1.29, 1.82) is 0 Å². The number of amides is 1. The van der Waals surface area contributed by atoms with Crippen molar-refractivity contribution in [2.24, 2.45) is 0 Å². The zero-order valence-corrected chi connectivity index (χ0v) is 17.8. The zero-order chi connectivity index (χ0) is 21.5. The number of carbonyl (C=O) groups excluding carboxylic acids is 1. The summed E-state index contributed by atoms with van der Waals surface area (Å²) in [7, 11) is 0. The van der Waals surface area contributed by atoms with Crippen molar-refractivity contribution in [2.75, 3.05) is 41.8 Å². The Morgan fingerprint density at radius 2 is 1.90 bits per heavy atom. The number of morpholine rings is 1. The number of carbonyl (C=O) groups is 1. The van der Waals surface area contributed by atoms with Crippen LogP contribution in [0.2, 0.25) is 0 Å². The Morgan fingerprint density at radius 1 is 1.10 bits per heavy atom. The molecule has 1 amide bonds. The second-order valence-corrected chi connectivity index (χ2v) is 7.91. The van der Waals surface area contributed by atoms with Gasteiger partial charge < -0.3 is 20.3 Å². The van der Waals surface area contributed by atoms with Crippen LogP contribution in [0, 0.1) is 0 Å². The zero-order valence-electron chi connectivity index (χ0n) is 17.0. The van der Waals surface area contributed by atoms with Gasteiger partial charge in [-0.15, -0.1) is 0 Å². The van der Waals surface area contributed by atoms with Crippen LogP contribution < -0.4 is 15.5 Å². The molecule has 0 spiro atoms. The largest absolute Gasteiger partial charge is 0.378 e. The molecule has 1 fully saturated rings. The molecule has 4 rings (SSSR count). The predicted molar refractivity (Wildman–Crippen MR) is 124 cm³/mol. The first-order chi connectivity index (χ1) is 15.2. The van der Waals surface area contributed by atoms with E-state index in [0.29, 0.717) is 11.6 Å². The maximum absolute atomic E-state index is 11.5. The van der Waals surface area contributed by atoms with E-state index >= 15 is 0 Å². The Bertz CT molecular complexity index is 1050. The van der Waals surface area contributed by atoms with E-state index in [-0.39, 0.29) is 5.91 Å². The number of benzene rings is 2. The molecule has 1 aliphatic heterocycles. The number of ether oxygens (including phenoxy) is 1. The number of nitrogens with zero attached hydrogens (tertiary/aromatic N) is 3. The standard InChI is InChI=1S/C23H23N5O2S/c1-2-21(29)25-18-4-3-5-20(16-18)31-22-10-11-24-23(27-22)26-17-6-8-19(9-7-17)28-12-14-30-15-13-28/h2-11,16H,1,12-15H2,(H,25,29)(H,24,26,27). The summed E-state index contributed by atoms with van der Waals surface area (Å²) in [6, 6.07) is 17.7. The highest BCUT2D eigenvalue weighted by molar-refractivity contribution is 7.99. The fourth-order valence-electron chi connectivity index (χ4n) is 3.12. The summed E-state index contributed by atoms with van der Waals surface area (Å²) < 4.78 is 5.41. The van der Waals surface area contributed by atoms with Crippen LogP contribution in [0.25, 0.3) is 0 Å². The smallest absolute Gasteiger partial charge is 0.247 e. The predicted octanol–water partition coefficient (Wildman–Crippen LogP) is 4.33. The minimum absolute atomic E-state index is 0.240. The lowest BCUT2D eigenvalue weighted by atomic mass is 10.2. The Hall–Kier alpha value is -3.36. The molecular weight excluding hydrogens is 410 g/mol. The van der Waals surface area contributed by atoms with Gasteiger partial charge in [-0.1, -0.05) is 24.4 Å². The first kappa shape index (κ1) is 20.9. The second-order valence-electron chi connectivity index (χ2n) is 6.81. The third-order valence-electron chi connectivity index (χ3n) is 4.64. The minimum Gasteiger partial charge on any atom is -0.378 e. The van der Waals surface area contributed by atoms with E-state index in [1.807, 2.05) is 42.5 Å². The summed E-state index contributed by atoms with van der Waals surface area (Å²) in [6.45, 7) is 6.82. The molecule has 1 aliphatic rings. The number of hydrogen-bond donors (Lipinski definition) is 2. The third-order valence-corrected chi connectivity index (χ3v) is 5.57. The van der Waals surface area contributed by atoms with Gasteiger partial charge in [-0.3, -0.25) is 4.79 Å². The number of rotatable bonds is 7. The average Bonchev–Trinajstić information content (AvgIpc) is 2.80. The molecule has 0 aliphatic carbocycles. The van der Waals surface area contributed by atoms with Gasteiger partial charge in [0.15, 0.2) is 0 Å². The summed E-state index contributed by atoms with van der Waals surface area (Å²) in [5.74, 6) is 0.288. The Kier molecular flexibility index (Phi) is 6.81. The van der Waals surface area contributed by atoms with Crippen molar-refractivity contribution in [1.82, 2.24) is 9.97 Å². The quantitative estimate of drug-likeness (QED) is 0.424. The van der Waals surface area contributed by atoms with Crippen LogP contribution in [-0.2, 0) is 9.53 Å². The molecule has 7 nitrogen and oxygen atoms in total. The summed E-state index contributed by atoms with van der Waals surface area (Å²) in [5.41, 5.74) is 2.82. The van der Waals surface area contributed by atoms with Crippen molar-refractivity contribution in [3.8, 4) is 0 Å². The van der Waals surface area contributed by atoms with Gasteiger partial charge in [0.05, 0.1) is 13.2 Å². The fourth-order valence-corrected chi connectivity index (χ4v) is 3.95. The van der Waals surface area contributed by atoms with Crippen LogP contribution >= 0.6 is 11.8 Å². The van der Waals surface area contributed by atoms with Crippen LogP contribution in [0.15, 0.2) is 83.4 Å². The van der Waals surface area contributed by atoms with Crippen molar-refractivity contribution < 1.29 is 9.53 Å². The Labute approximate surface area is 185 Å². The number of anilines is 4. The van der Waals surface area contributed by atoms with Crippen molar-refractivity contribution in [3.63, 3.8) is 0 Å². The van der Waals surface area contributed by atoms with Gasteiger partial charge in [0.2, 0.25) is 11.9 Å². The fraction of sp³-hybridized carbons (Fsp3) is 0.174. The van der Waals surface area contributed by atoms with E-state index in [9.17, 15) is 4.79 Å². The summed E-state index contributed by atoms with van der Waals surface area (Å²) in [4.78, 5) is 23.7. The van der Waals surface area contributed by atoms with E-state index in [0.717, 1.165) is 41.9 Å². The van der Waals surface area contributed by atoms with Crippen LogP contribution in [0.5, 0.6) is 0 Å². The highest BCUT2D eigenvalue weighted by Crippen LogP contribution is 2.29. The van der Waals surface area contributed by atoms with E-state index in [4.69, 9.17) is 4.74 Å². The molecule has 3 aromatic rings. The molecule has 1 saturated heterocycles. The van der Waals surface area contributed by atoms with E-state index in [1.165, 1.54) is 23.5 Å². The van der Waals surface area contributed by atoms with Crippen LogP contribution in [-0.4, -0.2) is 42.2 Å². The molecule has 2 N–H and O–H groups in total. The lowest BCUT2D eigenvalue weighted by Crippen LogP contribution is -2.36. The molecule has 2 aromatic carbocycles. The molecule has 1 aromatic heterocycles. The lowest BCUT2D eigenvalue weighted by Gasteiger charge is -2.28. The normalized spacial score (nSPS) is 13.5. The highest BCUT2D eigenvalue weighted by atomic mass is 32.2. The van der Waals surface area contributed by atoms with Crippen molar-refractivity contribution >= 4 is 40.7 Å². The van der Waals surface area contributed by atoms with Crippen LogP contribution in [0.4, 0.5) is 23.0 Å². The minimum atomic E-state index is -0.240. The van der Waals surface area contributed by atoms with Gasteiger partial charge in [0.25, 0.3) is 0 Å². The van der Waals surface area contributed by atoms with Crippen molar-refractivity contribution in [2.45, 2.75) is 9.92 Å². The number of hydrogen-bond acceptors (Lipinski definition) is 7. The van der Waals surface area contributed by atoms with Gasteiger partial charge in [-0.05, 0) is 54.6 Å².